The number of carboxylic acids is 1. The fraction of sp³-hybridized carbons (Fsp3) is 0.857. The number of aliphatic carboxylic acids is 1. The second kappa shape index (κ2) is 5.33. The Morgan fingerprint density at radius 3 is 2.00 bits per heavy atom. The molecule has 10 heavy (non-hydrogen) atoms. The summed E-state index contributed by atoms with van der Waals surface area (Å²) < 4.78 is 0. The second-order valence-corrected chi connectivity index (χ2v) is 2.67. The molecule has 1 N–H and O–H groups in total. The molecule has 1 aliphatic rings. The molecule has 0 bridgehead atoms. The van der Waals surface area contributed by atoms with E-state index >= 15 is 0 Å². The van der Waals surface area contributed by atoms with Crippen LogP contribution >= 0.6 is 0 Å². The van der Waals surface area contributed by atoms with Crippen LogP contribution in [0, 0.1) is 41.5 Å². The second-order valence-electron chi connectivity index (χ2n) is 2.67. The van der Waals surface area contributed by atoms with Crippen molar-refractivity contribution in [2.45, 2.75) is 32.1 Å². The Bertz CT molecular complexity index is 108. The average molecular weight is 267 g/mol. The van der Waals surface area contributed by atoms with Gasteiger partial charge in [-0.1, -0.05) is 19.3 Å². The molecule has 1 aliphatic carbocycles. The van der Waals surface area contributed by atoms with Crippen molar-refractivity contribution in [3.05, 3.63) is 0 Å². The molecule has 3 heteroatoms. The van der Waals surface area contributed by atoms with Crippen molar-refractivity contribution in [1.29, 1.82) is 0 Å². The number of carbonyl (C=O) groups is 1. The van der Waals surface area contributed by atoms with Crippen molar-refractivity contribution >= 4 is 5.97 Å². The topological polar surface area (TPSA) is 37.3 Å². The summed E-state index contributed by atoms with van der Waals surface area (Å²) in [5, 5.41) is 8.54. The number of carboxylic acid groups (broad SMARTS) is 1. The van der Waals surface area contributed by atoms with Gasteiger partial charge in [-0.15, -0.1) is 0 Å². The SMILES string of the molecule is O=C(O)C1CCCCC1.[La]. The first kappa shape index (κ1) is 10.7. The van der Waals surface area contributed by atoms with Crippen LogP contribution in [0.3, 0.4) is 0 Å². The maximum absolute atomic E-state index is 10.4. The molecule has 1 rings (SSSR count). The zero-order chi connectivity index (χ0) is 6.69. The van der Waals surface area contributed by atoms with Crippen LogP contribution < -0.4 is 0 Å². The van der Waals surface area contributed by atoms with Gasteiger partial charge in [-0.3, -0.25) is 4.79 Å². The Kier molecular flexibility index (Phi) is 5.69. The molecule has 0 aromatic rings. The van der Waals surface area contributed by atoms with Crippen molar-refractivity contribution in [3.8, 4) is 0 Å². The fourth-order valence-corrected chi connectivity index (χ4v) is 1.35. The third-order valence-corrected chi connectivity index (χ3v) is 1.95. The molecule has 1 radical (unpaired) electrons. The van der Waals surface area contributed by atoms with Crippen molar-refractivity contribution in [2.75, 3.05) is 0 Å². The van der Waals surface area contributed by atoms with Crippen LogP contribution in [0.4, 0.5) is 0 Å². The fourth-order valence-electron chi connectivity index (χ4n) is 1.35. The minimum atomic E-state index is -0.602. The summed E-state index contributed by atoms with van der Waals surface area (Å²) in [6.07, 6.45) is 5.24. The summed E-state index contributed by atoms with van der Waals surface area (Å²) in [6, 6.07) is 0. The molecule has 0 atom stereocenters. The molecule has 0 unspecified atom stereocenters. The third-order valence-electron chi connectivity index (χ3n) is 1.95. The molecule has 2 nitrogen and oxygen atoms in total. The van der Waals surface area contributed by atoms with Crippen LogP contribution in [-0.2, 0) is 4.79 Å². The van der Waals surface area contributed by atoms with E-state index in [2.05, 4.69) is 0 Å². The quantitative estimate of drug-likeness (QED) is 0.784. The van der Waals surface area contributed by atoms with Crippen molar-refractivity contribution < 1.29 is 45.5 Å². The molecule has 0 aromatic carbocycles. The first-order valence-corrected chi connectivity index (χ1v) is 3.53. The monoisotopic (exact) mass is 267 g/mol. The van der Waals surface area contributed by atoms with Gasteiger partial charge in [0.2, 0.25) is 0 Å². The van der Waals surface area contributed by atoms with E-state index in [4.69, 9.17) is 5.11 Å². The van der Waals surface area contributed by atoms with Gasteiger partial charge < -0.3 is 5.11 Å². The van der Waals surface area contributed by atoms with Crippen LogP contribution in [0.15, 0.2) is 0 Å². The van der Waals surface area contributed by atoms with E-state index in [1.54, 1.807) is 0 Å². The molecule has 1 fully saturated rings. The molecule has 0 amide bonds. The first-order chi connectivity index (χ1) is 4.30. The minimum Gasteiger partial charge on any atom is -0.481 e. The number of hydrogen-bond donors (Lipinski definition) is 1. The van der Waals surface area contributed by atoms with Crippen LogP contribution in [0.5, 0.6) is 0 Å². The zero-order valence-electron chi connectivity index (χ0n) is 6.05. The Morgan fingerprint density at radius 2 is 1.70 bits per heavy atom. The van der Waals surface area contributed by atoms with E-state index in [0.29, 0.717) is 0 Å². The van der Waals surface area contributed by atoms with Gasteiger partial charge in [-0.2, -0.15) is 0 Å². The van der Waals surface area contributed by atoms with Gasteiger partial charge in [0.05, 0.1) is 5.92 Å². The van der Waals surface area contributed by atoms with Crippen LogP contribution in [0.2, 0.25) is 0 Å². The molecular formula is C7H12LaO2. The maximum Gasteiger partial charge on any atom is 0.306 e. The van der Waals surface area contributed by atoms with E-state index < -0.39 is 5.97 Å². The molecule has 55 valence electrons. The molecule has 0 aliphatic heterocycles. The largest absolute Gasteiger partial charge is 0.481 e. The summed E-state index contributed by atoms with van der Waals surface area (Å²) in [6.45, 7) is 0. The van der Waals surface area contributed by atoms with Gasteiger partial charge in [0.25, 0.3) is 0 Å². The summed E-state index contributed by atoms with van der Waals surface area (Å²) in [7, 11) is 0. The van der Waals surface area contributed by atoms with Crippen molar-refractivity contribution in [3.63, 3.8) is 0 Å². The van der Waals surface area contributed by atoms with E-state index in [1.807, 2.05) is 0 Å². The van der Waals surface area contributed by atoms with E-state index in [9.17, 15) is 4.79 Å². The zero-order valence-corrected chi connectivity index (χ0v) is 9.67. The molecule has 0 spiro atoms. The summed E-state index contributed by atoms with van der Waals surface area (Å²) >= 11 is 0. The smallest absolute Gasteiger partial charge is 0.306 e. The van der Waals surface area contributed by atoms with Gasteiger partial charge in [-0.05, 0) is 12.8 Å². The summed E-state index contributed by atoms with van der Waals surface area (Å²) in [5.74, 6) is -0.631. The minimum absolute atomic E-state index is 0. The Balaban J connectivity index is 0.000000810. The van der Waals surface area contributed by atoms with E-state index in [0.717, 1.165) is 25.7 Å². The van der Waals surface area contributed by atoms with Crippen molar-refractivity contribution in [1.82, 2.24) is 0 Å². The van der Waals surface area contributed by atoms with Crippen LogP contribution in [-0.4, -0.2) is 11.1 Å². The first-order valence-electron chi connectivity index (χ1n) is 3.53. The van der Waals surface area contributed by atoms with Gasteiger partial charge >= 0.3 is 5.97 Å². The number of hydrogen-bond acceptors (Lipinski definition) is 1. The Morgan fingerprint density at radius 1 is 1.20 bits per heavy atom. The molecule has 1 saturated carbocycles. The molecule has 0 heterocycles. The Labute approximate surface area is 89.0 Å². The normalized spacial score (nSPS) is 19.6. The van der Waals surface area contributed by atoms with Gasteiger partial charge in [0.1, 0.15) is 0 Å². The summed E-state index contributed by atoms with van der Waals surface area (Å²) in [4.78, 5) is 10.4. The van der Waals surface area contributed by atoms with Gasteiger partial charge in [0.15, 0.2) is 0 Å². The van der Waals surface area contributed by atoms with Crippen LogP contribution in [0.25, 0.3) is 0 Å². The van der Waals surface area contributed by atoms with E-state index in [1.165, 1.54) is 6.42 Å². The molecule has 0 aromatic heterocycles. The third kappa shape index (κ3) is 3.17. The van der Waals surface area contributed by atoms with Crippen molar-refractivity contribution in [2.24, 2.45) is 5.92 Å². The predicted molar refractivity (Wildman–Crippen MR) is 34.2 cm³/mol. The maximum atomic E-state index is 10.4. The molecular weight excluding hydrogens is 255 g/mol. The standard InChI is InChI=1S/C7H12O2.La/c8-7(9)6-4-2-1-3-5-6;/h6H,1-5H2,(H,8,9);. The Hall–Kier alpha value is 0.665. The molecule has 0 saturated heterocycles. The van der Waals surface area contributed by atoms with Gasteiger partial charge in [-0.25, -0.2) is 0 Å². The summed E-state index contributed by atoms with van der Waals surface area (Å²) in [5.41, 5.74) is 0. The predicted octanol–water partition coefficient (Wildman–Crippen LogP) is 1.65. The van der Waals surface area contributed by atoms with Crippen LogP contribution in [0.1, 0.15) is 32.1 Å². The van der Waals surface area contributed by atoms with Gasteiger partial charge in [0, 0.05) is 35.6 Å². The number of rotatable bonds is 1. The van der Waals surface area contributed by atoms with E-state index in [-0.39, 0.29) is 41.5 Å². The average Bonchev–Trinajstić information content (AvgIpc) is 1.90.